The Balaban J connectivity index is 2.51. The molecule has 0 saturated heterocycles. The summed E-state index contributed by atoms with van der Waals surface area (Å²) in [7, 11) is 0. The fraction of sp³-hybridized carbons (Fsp3) is 0.250. The first-order valence-electron chi connectivity index (χ1n) is 5.87. The number of hydrogen-bond donors (Lipinski definition) is 1. The van der Waals surface area contributed by atoms with Gasteiger partial charge in [-0.3, -0.25) is 0 Å². The molecule has 0 fully saturated rings. The largest absolute Gasteiger partial charge is 0.381 e. The Hall–Kier alpha value is -1.60. The summed E-state index contributed by atoms with van der Waals surface area (Å²) in [5, 5.41) is 10.7. The van der Waals surface area contributed by atoms with E-state index in [9.17, 15) is 5.11 Å². The van der Waals surface area contributed by atoms with Crippen LogP contribution >= 0.6 is 0 Å². The molecule has 0 heterocycles. The molecule has 0 bridgehead atoms. The van der Waals surface area contributed by atoms with E-state index < -0.39 is 5.60 Å². The van der Waals surface area contributed by atoms with Gasteiger partial charge >= 0.3 is 0 Å². The van der Waals surface area contributed by atoms with E-state index in [1.807, 2.05) is 49.4 Å². The summed E-state index contributed by atoms with van der Waals surface area (Å²) in [5.74, 6) is 0. The van der Waals surface area contributed by atoms with Gasteiger partial charge in [-0.15, -0.1) is 0 Å². The molecule has 2 aromatic carbocycles. The van der Waals surface area contributed by atoms with E-state index in [0.29, 0.717) is 0 Å². The molecule has 0 aliphatic carbocycles. The van der Waals surface area contributed by atoms with Crippen molar-refractivity contribution in [3.05, 3.63) is 70.8 Å². The number of aliphatic hydroxyl groups is 1. The summed E-state index contributed by atoms with van der Waals surface area (Å²) >= 11 is 0. The first-order chi connectivity index (χ1) is 8.00. The first kappa shape index (κ1) is 11.9. The highest BCUT2D eigenvalue weighted by Crippen LogP contribution is 2.30. The van der Waals surface area contributed by atoms with E-state index in [2.05, 4.69) is 19.9 Å². The van der Waals surface area contributed by atoms with Crippen LogP contribution in [0.3, 0.4) is 0 Å². The van der Waals surface area contributed by atoms with E-state index >= 15 is 0 Å². The van der Waals surface area contributed by atoms with Gasteiger partial charge in [0.15, 0.2) is 0 Å². The van der Waals surface area contributed by atoms with E-state index in [4.69, 9.17) is 0 Å². The van der Waals surface area contributed by atoms with Crippen molar-refractivity contribution in [2.75, 3.05) is 0 Å². The van der Waals surface area contributed by atoms with Crippen molar-refractivity contribution in [2.45, 2.75) is 26.4 Å². The molecule has 0 aliphatic heterocycles. The molecule has 0 unspecified atom stereocenters. The maximum atomic E-state index is 10.7. The second kappa shape index (κ2) is 4.34. The molecule has 1 heteroatoms. The molecule has 1 nitrogen and oxygen atoms in total. The molecule has 0 amide bonds. The van der Waals surface area contributed by atoms with Crippen LogP contribution in [0.15, 0.2) is 48.5 Å². The molecule has 0 spiro atoms. The summed E-state index contributed by atoms with van der Waals surface area (Å²) in [6.45, 7) is 5.95. The second-order valence-electron chi connectivity index (χ2n) is 4.81. The molecule has 2 rings (SSSR count). The van der Waals surface area contributed by atoms with Crippen molar-refractivity contribution < 1.29 is 5.11 Å². The van der Waals surface area contributed by atoms with Crippen LogP contribution in [0.1, 0.15) is 29.2 Å². The van der Waals surface area contributed by atoms with Crippen molar-refractivity contribution in [3.8, 4) is 0 Å². The average molecular weight is 226 g/mol. The molecular weight excluding hydrogens is 208 g/mol. The van der Waals surface area contributed by atoms with Crippen LogP contribution in [0.25, 0.3) is 0 Å². The summed E-state index contributed by atoms with van der Waals surface area (Å²) in [4.78, 5) is 0. The Morgan fingerprint density at radius 1 is 0.824 bits per heavy atom. The van der Waals surface area contributed by atoms with Crippen molar-refractivity contribution in [1.82, 2.24) is 0 Å². The lowest BCUT2D eigenvalue weighted by Gasteiger charge is -2.25. The third kappa shape index (κ3) is 2.40. The van der Waals surface area contributed by atoms with Crippen molar-refractivity contribution in [2.24, 2.45) is 0 Å². The smallest absolute Gasteiger partial charge is 0.112 e. The van der Waals surface area contributed by atoms with E-state index in [-0.39, 0.29) is 0 Å². The number of aryl methyl sites for hydroxylation is 2. The number of rotatable bonds is 2. The standard InChI is InChI=1S/C16H18O/c1-12-9-13(2)11-15(10-12)16(3,17)14-7-5-4-6-8-14/h4-11,17H,1-3H3/t16-/m0/s1. The summed E-state index contributed by atoms with van der Waals surface area (Å²) in [5.41, 5.74) is 3.29. The lowest BCUT2D eigenvalue weighted by atomic mass is 9.86. The molecule has 2 aromatic rings. The van der Waals surface area contributed by atoms with Gasteiger partial charge in [0.1, 0.15) is 5.60 Å². The van der Waals surface area contributed by atoms with Crippen molar-refractivity contribution in [3.63, 3.8) is 0 Å². The monoisotopic (exact) mass is 226 g/mol. The zero-order valence-corrected chi connectivity index (χ0v) is 10.6. The maximum absolute atomic E-state index is 10.7. The van der Waals surface area contributed by atoms with Gasteiger partial charge in [0.05, 0.1) is 0 Å². The molecular formula is C16H18O. The SMILES string of the molecule is Cc1cc(C)cc([C@@](C)(O)c2ccccc2)c1. The quantitative estimate of drug-likeness (QED) is 0.830. The van der Waals surface area contributed by atoms with Gasteiger partial charge in [0, 0.05) is 0 Å². The van der Waals surface area contributed by atoms with Gasteiger partial charge in [-0.2, -0.15) is 0 Å². The number of benzene rings is 2. The van der Waals surface area contributed by atoms with Gasteiger partial charge in [-0.1, -0.05) is 59.7 Å². The Kier molecular flexibility index (Phi) is 3.03. The van der Waals surface area contributed by atoms with Crippen LogP contribution in [-0.4, -0.2) is 5.11 Å². The summed E-state index contributed by atoms with van der Waals surface area (Å²) < 4.78 is 0. The highest BCUT2D eigenvalue weighted by Gasteiger charge is 2.25. The summed E-state index contributed by atoms with van der Waals surface area (Å²) in [6, 6.07) is 16.0. The Labute approximate surface area is 103 Å². The zero-order valence-electron chi connectivity index (χ0n) is 10.6. The molecule has 0 radical (unpaired) electrons. The van der Waals surface area contributed by atoms with Crippen LogP contribution in [0, 0.1) is 13.8 Å². The topological polar surface area (TPSA) is 20.2 Å². The maximum Gasteiger partial charge on any atom is 0.112 e. The van der Waals surface area contributed by atoms with Crippen LogP contribution < -0.4 is 0 Å². The second-order valence-corrected chi connectivity index (χ2v) is 4.81. The van der Waals surface area contributed by atoms with Crippen LogP contribution in [-0.2, 0) is 5.60 Å². The van der Waals surface area contributed by atoms with E-state index in [0.717, 1.165) is 11.1 Å². The molecule has 0 aliphatic rings. The average Bonchev–Trinajstić information content (AvgIpc) is 2.29. The van der Waals surface area contributed by atoms with E-state index in [1.54, 1.807) is 0 Å². The summed E-state index contributed by atoms with van der Waals surface area (Å²) in [6.07, 6.45) is 0. The van der Waals surface area contributed by atoms with E-state index in [1.165, 1.54) is 11.1 Å². The van der Waals surface area contributed by atoms with Gasteiger partial charge < -0.3 is 5.11 Å². The highest BCUT2D eigenvalue weighted by atomic mass is 16.3. The third-order valence-corrected chi connectivity index (χ3v) is 3.12. The molecule has 1 N–H and O–H groups in total. The fourth-order valence-corrected chi connectivity index (χ4v) is 2.19. The Morgan fingerprint density at radius 3 is 1.88 bits per heavy atom. The van der Waals surface area contributed by atoms with Gasteiger partial charge in [0.2, 0.25) is 0 Å². The third-order valence-electron chi connectivity index (χ3n) is 3.12. The lowest BCUT2D eigenvalue weighted by Crippen LogP contribution is -2.22. The molecule has 1 atom stereocenters. The minimum atomic E-state index is -0.933. The van der Waals surface area contributed by atoms with Gasteiger partial charge in [0.25, 0.3) is 0 Å². The molecule has 0 aromatic heterocycles. The highest BCUT2D eigenvalue weighted by molar-refractivity contribution is 5.39. The van der Waals surface area contributed by atoms with Crippen LogP contribution in [0.5, 0.6) is 0 Å². The minimum Gasteiger partial charge on any atom is -0.381 e. The van der Waals surface area contributed by atoms with Gasteiger partial charge in [-0.05, 0) is 31.9 Å². The van der Waals surface area contributed by atoms with Crippen LogP contribution in [0.4, 0.5) is 0 Å². The molecule has 0 saturated carbocycles. The number of hydrogen-bond acceptors (Lipinski definition) is 1. The zero-order chi connectivity index (χ0) is 12.5. The predicted molar refractivity (Wildman–Crippen MR) is 71.0 cm³/mol. The first-order valence-corrected chi connectivity index (χ1v) is 5.87. The Bertz CT molecular complexity index is 492. The van der Waals surface area contributed by atoms with Crippen LogP contribution in [0.2, 0.25) is 0 Å². The Morgan fingerprint density at radius 2 is 1.35 bits per heavy atom. The van der Waals surface area contributed by atoms with Gasteiger partial charge in [-0.25, -0.2) is 0 Å². The van der Waals surface area contributed by atoms with Crippen molar-refractivity contribution >= 4 is 0 Å². The molecule has 88 valence electrons. The predicted octanol–water partition coefficient (Wildman–Crippen LogP) is 3.56. The van der Waals surface area contributed by atoms with Crippen molar-refractivity contribution in [1.29, 1.82) is 0 Å². The lowest BCUT2D eigenvalue weighted by molar-refractivity contribution is 0.102. The fourth-order valence-electron chi connectivity index (χ4n) is 2.19. The normalized spacial score (nSPS) is 14.4. The minimum absolute atomic E-state index is 0.921. The molecule has 17 heavy (non-hydrogen) atoms.